The molecule has 1 amide bonds. The number of primary amides is 1. The Morgan fingerprint density at radius 3 is 2.64 bits per heavy atom. The first kappa shape index (κ1) is 10.2. The van der Waals surface area contributed by atoms with E-state index in [9.17, 15) is 4.79 Å². The van der Waals surface area contributed by atoms with Crippen LogP contribution in [0.15, 0.2) is 30.3 Å². The maximum absolute atomic E-state index is 10.6. The highest BCUT2D eigenvalue weighted by atomic mass is 16.5. The van der Waals surface area contributed by atoms with Crippen LogP contribution in [0.3, 0.4) is 0 Å². The number of amides is 1. The minimum atomic E-state index is -1.17. The van der Waals surface area contributed by atoms with E-state index in [2.05, 4.69) is 0 Å². The fraction of sp³-hybridized carbons (Fsp3) is 0.200. The van der Waals surface area contributed by atoms with E-state index in [0.717, 1.165) is 5.56 Å². The van der Waals surface area contributed by atoms with Crippen LogP contribution in [0, 0.1) is 11.3 Å². The van der Waals surface area contributed by atoms with Gasteiger partial charge in [-0.3, -0.25) is 4.79 Å². The lowest BCUT2D eigenvalue weighted by atomic mass is 10.2. The Kier molecular flexibility index (Phi) is 3.65. The van der Waals surface area contributed by atoms with Crippen molar-refractivity contribution in [3.8, 4) is 6.07 Å². The van der Waals surface area contributed by atoms with E-state index < -0.39 is 12.0 Å². The van der Waals surface area contributed by atoms with Crippen molar-refractivity contribution >= 4 is 5.91 Å². The van der Waals surface area contributed by atoms with Crippen LogP contribution in [-0.2, 0) is 16.1 Å². The molecule has 1 aromatic rings. The van der Waals surface area contributed by atoms with Crippen molar-refractivity contribution in [2.75, 3.05) is 0 Å². The molecule has 0 saturated carbocycles. The molecule has 1 unspecified atom stereocenters. The van der Waals surface area contributed by atoms with Gasteiger partial charge in [0.05, 0.1) is 6.61 Å². The normalized spacial score (nSPS) is 11.6. The molecule has 0 bridgehead atoms. The molecule has 1 aromatic carbocycles. The summed E-state index contributed by atoms with van der Waals surface area (Å²) in [4.78, 5) is 10.6. The first-order chi connectivity index (χ1) is 6.74. The Morgan fingerprint density at radius 1 is 1.50 bits per heavy atom. The van der Waals surface area contributed by atoms with E-state index >= 15 is 0 Å². The van der Waals surface area contributed by atoms with Crippen LogP contribution in [0.1, 0.15) is 5.56 Å². The standard InChI is InChI=1S/C10H10N2O2/c11-6-9(10(12)13)14-7-8-4-2-1-3-5-8/h1-5,9H,7H2,(H2,12,13). The SMILES string of the molecule is N#CC(OCc1ccccc1)C(N)=O. The maximum atomic E-state index is 10.6. The van der Waals surface area contributed by atoms with Gasteiger partial charge in [-0.2, -0.15) is 5.26 Å². The summed E-state index contributed by atoms with van der Waals surface area (Å²) in [5.74, 6) is -0.761. The van der Waals surface area contributed by atoms with E-state index in [1.165, 1.54) is 0 Å². The van der Waals surface area contributed by atoms with Crippen molar-refractivity contribution in [1.29, 1.82) is 5.26 Å². The third-order valence-corrected chi connectivity index (χ3v) is 1.64. The lowest BCUT2D eigenvalue weighted by molar-refractivity contribution is -0.126. The molecule has 0 aliphatic rings. The Labute approximate surface area is 81.9 Å². The van der Waals surface area contributed by atoms with Gasteiger partial charge in [0.1, 0.15) is 6.07 Å². The summed E-state index contributed by atoms with van der Waals surface area (Å²) in [6.07, 6.45) is -1.17. The number of hydrogen-bond donors (Lipinski definition) is 1. The van der Waals surface area contributed by atoms with E-state index in [-0.39, 0.29) is 6.61 Å². The zero-order valence-corrected chi connectivity index (χ0v) is 7.51. The number of ether oxygens (including phenoxy) is 1. The van der Waals surface area contributed by atoms with Crippen molar-refractivity contribution in [2.45, 2.75) is 12.7 Å². The molecule has 0 aliphatic carbocycles. The van der Waals surface area contributed by atoms with Crippen molar-refractivity contribution in [3.63, 3.8) is 0 Å². The molecule has 0 fully saturated rings. The number of carbonyl (C=O) groups excluding carboxylic acids is 1. The van der Waals surface area contributed by atoms with Crippen LogP contribution in [-0.4, -0.2) is 12.0 Å². The van der Waals surface area contributed by atoms with E-state index in [0.29, 0.717) is 0 Å². The van der Waals surface area contributed by atoms with Gasteiger partial charge >= 0.3 is 0 Å². The van der Waals surface area contributed by atoms with Crippen LogP contribution in [0.4, 0.5) is 0 Å². The molecule has 0 saturated heterocycles. The predicted molar refractivity (Wildman–Crippen MR) is 49.8 cm³/mol. The molecule has 4 heteroatoms. The molecular weight excluding hydrogens is 180 g/mol. The molecule has 2 N–H and O–H groups in total. The van der Waals surface area contributed by atoms with Crippen molar-refractivity contribution in [2.24, 2.45) is 5.73 Å². The first-order valence-electron chi connectivity index (χ1n) is 4.08. The van der Waals surface area contributed by atoms with Crippen LogP contribution in [0.25, 0.3) is 0 Å². The summed E-state index contributed by atoms with van der Waals surface area (Å²) in [5, 5.41) is 8.50. The quantitative estimate of drug-likeness (QED) is 0.754. The second kappa shape index (κ2) is 5.00. The smallest absolute Gasteiger partial charge is 0.261 e. The third kappa shape index (κ3) is 2.88. The first-order valence-corrected chi connectivity index (χ1v) is 4.08. The zero-order chi connectivity index (χ0) is 10.4. The number of nitrogens with zero attached hydrogens (tertiary/aromatic N) is 1. The molecule has 0 radical (unpaired) electrons. The second-order valence-electron chi connectivity index (χ2n) is 2.71. The average molecular weight is 190 g/mol. The minimum absolute atomic E-state index is 0.210. The van der Waals surface area contributed by atoms with Gasteiger partial charge in [0.15, 0.2) is 0 Å². The van der Waals surface area contributed by atoms with E-state index in [1.807, 2.05) is 30.3 Å². The largest absolute Gasteiger partial charge is 0.366 e. The fourth-order valence-corrected chi connectivity index (χ4v) is 0.937. The third-order valence-electron chi connectivity index (χ3n) is 1.64. The molecule has 72 valence electrons. The van der Waals surface area contributed by atoms with Gasteiger partial charge in [0.25, 0.3) is 5.91 Å². The lowest BCUT2D eigenvalue weighted by Gasteiger charge is -2.06. The molecule has 1 rings (SSSR count). The Hall–Kier alpha value is -1.86. The lowest BCUT2D eigenvalue weighted by Crippen LogP contribution is -2.29. The van der Waals surface area contributed by atoms with Gasteiger partial charge in [-0.15, -0.1) is 0 Å². The van der Waals surface area contributed by atoms with Crippen LogP contribution < -0.4 is 5.73 Å². The highest BCUT2D eigenvalue weighted by Crippen LogP contribution is 2.02. The number of nitriles is 1. The molecule has 0 spiro atoms. The summed E-state index contributed by atoms with van der Waals surface area (Å²) in [6.45, 7) is 0.210. The highest BCUT2D eigenvalue weighted by Gasteiger charge is 2.13. The van der Waals surface area contributed by atoms with Gasteiger partial charge in [0.2, 0.25) is 6.10 Å². The second-order valence-corrected chi connectivity index (χ2v) is 2.71. The number of nitrogens with two attached hydrogens (primary N) is 1. The van der Waals surface area contributed by atoms with E-state index in [1.54, 1.807) is 6.07 Å². The molecular formula is C10H10N2O2. The van der Waals surface area contributed by atoms with Gasteiger partial charge in [-0.1, -0.05) is 30.3 Å². The number of rotatable bonds is 4. The predicted octanol–water partition coefficient (Wildman–Crippen LogP) is 0.581. The maximum Gasteiger partial charge on any atom is 0.261 e. The zero-order valence-electron chi connectivity index (χ0n) is 7.51. The number of hydrogen-bond acceptors (Lipinski definition) is 3. The minimum Gasteiger partial charge on any atom is -0.366 e. The topological polar surface area (TPSA) is 76.1 Å². The molecule has 0 aliphatic heterocycles. The molecule has 1 atom stereocenters. The van der Waals surface area contributed by atoms with Gasteiger partial charge in [-0.25, -0.2) is 0 Å². The van der Waals surface area contributed by atoms with Crippen LogP contribution >= 0.6 is 0 Å². The summed E-state index contributed by atoms with van der Waals surface area (Å²) in [5.41, 5.74) is 5.82. The monoisotopic (exact) mass is 190 g/mol. The Bertz CT molecular complexity index is 343. The van der Waals surface area contributed by atoms with Gasteiger partial charge in [0, 0.05) is 0 Å². The number of benzene rings is 1. The molecule has 4 nitrogen and oxygen atoms in total. The van der Waals surface area contributed by atoms with Crippen molar-refractivity contribution < 1.29 is 9.53 Å². The Morgan fingerprint density at radius 2 is 2.14 bits per heavy atom. The summed E-state index contributed by atoms with van der Waals surface area (Å²) in [6, 6.07) is 10.9. The molecule has 0 aromatic heterocycles. The van der Waals surface area contributed by atoms with Gasteiger partial charge < -0.3 is 10.5 Å². The highest BCUT2D eigenvalue weighted by molar-refractivity contribution is 5.81. The van der Waals surface area contributed by atoms with Gasteiger partial charge in [-0.05, 0) is 5.56 Å². The van der Waals surface area contributed by atoms with Crippen molar-refractivity contribution in [3.05, 3.63) is 35.9 Å². The van der Waals surface area contributed by atoms with E-state index in [4.69, 9.17) is 15.7 Å². The Balaban J connectivity index is 2.49. The summed E-state index contributed by atoms with van der Waals surface area (Å²) in [7, 11) is 0. The van der Waals surface area contributed by atoms with Crippen LogP contribution in [0.5, 0.6) is 0 Å². The summed E-state index contributed by atoms with van der Waals surface area (Å²) >= 11 is 0. The molecule has 0 heterocycles. The molecule has 14 heavy (non-hydrogen) atoms. The van der Waals surface area contributed by atoms with Crippen molar-refractivity contribution in [1.82, 2.24) is 0 Å². The summed E-state index contributed by atoms with van der Waals surface area (Å²) < 4.78 is 5.00. The fourth-order valence-electron chi connectivity index (χ4n) is 0.937. The van der Waals surface area contributed by atoms with Crippen LogP contribution in [0.2, 0.25) is 0 Å². The number of carbonyl (C=O) groups is 1. The average Bonchev–Trinajstić information content (AvgIpc) is 2.20.